The topological polar surface area (TPSA) is 73.6 Å². The third kappa shape index (κ3) is 1.85. The van der Waals surface area contributed by atoms with Gasteiger partial charge in [-0.3, -0.25) is 4.68 Å². The highest BCUT2D eigenvalue weighted by Crippen LogP contribution is 2.40. The lowest BCUT2D eigenvalue weighted by molar-refractivity contribution is 0.0684. The molecule has 2 heterocycles. The number of aromatic nitrogens is 2. The van der Waals surface area contributed by atoms with Gasteiger partial charge in [-0.25, -0.2) is 4.79 Å². The minimum Gasteiger partial charge on any atom is -0.476 e. The van der Waals surface area contributed by atoms with Crippen molar-refractivity contribution in [2.75, 3.05) is 6.79 Å². The van der Waals surface area contributed by atoms with Gasteiger partial charge in [-0.15, -0.1) is 0 Å². The van der Waals surface area contributed by atoms with Gasteiger partial charge in [0.15, 0.2) is 17.2 Å². The smallest absolute Gasteiger partial charge is 0.355 e. The van der Waals surface area contributed by atoms with Crippen LogP contribution in [-0.2, 0) is 7.05 Å². The molecule has 1 aromatic heterocycles. The van der Waals surface area contributed by atoms with Crippen LogP contribution in [0.3, 0.4) is 0 Å². The van der Waals surface area contributed by atoms with E-state index in [0.29, 0.717) is 21.7 Å². The second-order valence-electron chi connectivity index (χ2n) is 4.46. The van der Waals surface area contributed by atoms with Crippen molar-refractivity contribution in [2.45, 2.75) is 6.92 Å². The molecule has 1 aliphatic rings. The number of carbonyl (C=O) groups is 1. The first-order valence-electron chi connectivity index (χ1n) is 5.85. The Hall–Kier alpha value is -2.02. The van der Waals surface area contributed by atoms with Crippen LogP contribution >= 0.6 is 15.9 Å². The number of ether oxygens (including phenoxy) is 2. The number of rotatable bonds is 2. The summed E-state index contributed by atoms with van der Waals surface area (Å²) in [5.41, 5.74) is 2.42. The van der Waals surface area contributed by atoms with Gasteiger partial charge in [0.25, 0.3) is 0 Å². The lowest BCUT2D eigenvalue weighted by Crippen LogP contribution is -2.05. The van der Waals surface area contributed by atoms with Gasteiger partial charge in [0, 0.05) is 12.6 Å². The van der Waals surface area contributed by atoms with Crippen LogP contribution in [-0.4, -0.2) is 27.6 Å². The summed E-state index contributed by atoms with van der Waals surface area (Å²) in [7, 11) is 1.60. The Balaban J connectivity index is 2.19. The summed E-state index contributed by atoms with van der Waals surface area (Å²) in [6, 6.07) is 3.68. The Kier molecular flexibility index (Phi) is 2.93. The van der Waals surface area contributed by atoms with Gasteiger partial charge in [-0.1, -0.05) is 0 Å². The summed E-state index contributed by atoms with van der Waals surface area (Å²) in [6.07, 6.45) is 0. The molecular weight excluding hydrogens is 328 g/mol. The molecule has 0 amide bonds. The van der Waals surface area contributed by atoms with Crippen LogP contribution in [0.5, 0.6) is 11.5 Å². The highest BCUT2D eigenvalue weighted by molar-refractivity contribution is 9.10. The molecule has 1 aliphatic heterocycles. The van der Waals surface area contributed by atoms with E-state index < -0.39 is 5.97 Å². The number of hydrogen-bond donors (Lipinski definition) is 1. The maximum absolute atomic E-state index is 11.2. The van der Waals surface area contributed by atoms with Gasteiger partial charge in [0.1, 0.15) is 5.69 Å². The van der Waals surface area contributed by atoms with Crippen LogP contribution < -0.4 is 9.47 Å². The second-order valence-corrected chi connectivity index (χ2v) is 5.25. The summed E-state index contributed by atoms with van der Waals surface area (Å²) in [5, 5.41) is 13.5. The van der Waals surface area contributed by atoms with Crippen LogP contribution in [0, 0.1) is 6.92 Å². The largest absolute Gasteiger partial charge is 0.476 e. The molecule has 20 heavy (non-hydrogen) atoms. The van der Waals surface area contributed by atoms with Gasteiger partial charge >= 0.3 is 5.97 Å². The van der Waals surface area contributed by atoms with E-state index in [0.717, 1.165) is 11.1 Å². The number of carboxylic acid groups (broad SMARTS) is 1. The molecule has 0 atom stereocenters. The van der Waals surface area contributed by atoms with E-state index in [4.69, 9.17) is 9.47 Å². The van der Waals surface area contributed by atoms with E-state index in [2.05, 4.69) is 21.0 Å². The fraction of sp³-hybridized carbons (Fsp3) is 0.231. The zero-order valence-electron chi connectivity index (χ0n) is 10.8. The monoisotopic (exact) mass is 338 g/mol. The first-order valence-corrected chi connectivity index (χ1v) is 6.64. The lowest BCUT2D eigenvalue weighted by atomic mass is 10.0. The number of fused-ring (bicyclic) bond motifs is 1. The summed E-state index contributed by atoms with van der Waals surface area (Å²) >= 11 is 3.32. The molecule has 104 valence electrons. The maximum atomic E-state index is 11.2. The average molecular weight is 339 g/mol. The highest BCUT2D eigenvalue weighted by Gasteiger charge is 2.24. The number of benzene rings is 1. The number of carboxylic acids is 1. The molecule has 1 aromatic carbocycles. The molecule has 0 saturated carbocycles. The molecule has 2 aromatic rings. The second kappa shape index (κ2) is 4.52. The van der Waals surface area contributed by atoms with E-state index >= 15 is 0 Å². The van der Waals surface area contributed by atoms with Crippen molar-refractivity contribution in [1.29, 1.82) is 0 Å². The molecule has 0 radical (unpaired) electrons. The fourth-order valence-corrected chi connectivity index (χ4v) is 2.92. The molecule has 0 unspecified atom stereocenters. The number of nitrogens with zero attached hydrogens (tertiary/aromatic N) is 2. The Morgan fingerprint density at radius 2 is 2.05 bits per heavy atom. The molecule has 1 N–H and O–H groups in total. The predicted octanol–water partition coefficient (Wildman–Crippen LogP) is 2.58. The number of hydrogen-bond acceptors (Lipinski definition) is 4. The first-order chi connectivity index (χ1) is 9.49. The quantitative estimate of drug-likeness (QED) is 0.910. The summed E-state index contributed by atoms with van der Waals surface area (Å²) in [5.74, 6) is 0.299. The van der Waals surface area contributed by atoms with Crippen LogP contribution in [0.2, 0.25) is 0 Å². The number of halogens is 1. The van der Waals surface area contributed by atoms with E-state index in [1.165, 1.54) is 4.68 Å². The molecule has 0 fully saturated rings. The summed E-state index contributed by atoms with van der Waals surface area (Å²) in [6.45, 7) is 2.11. The fourth-order valence-electron chi connectivity index (χ4n) is 2.20. The van der Waals surface area contributed by atoms with Crippen molar-refractivity contribution in [3.05, 3.63) is 27.9 Å². The van der Waals surface area contributed by atoms with Crippen LogP contribution in [0.25, 0.3) is 11.3 Å². The van der Waals surface area contributed by atoms with E-state index in [9.17, 15) is 9.90 Å². The van der Waals surface area contributed by atoms with Crippen LogP contribution in [0.1, 0.15) is 16.1 Å². The molecule has 0 spiro atoms. The van der Waals surface area contributed by atoms with Gasteiger partial charge in [-0.05, 0) is 40.5 Å². The van der Waals surface area contributed by atoms with Crippen molar-refractivity contribution in [1.82, 2.24) is 9.78 Å². The number of aromatic carboxylic acids is 1. The molecule has 0 bridgehead atoms. The zero-order valence-corrected chi connectivity index (χ0v) is 12.4. The Bertz CT molecular complexity index is 724. The lowest BCUT2D eigenvalue weighted by Gasteiger charge is -2.05. The van der Waals surface area contributed by atoms with E-state index in [1.54, 1.807) is 7.05 Å². The molecular formula is C13H11BrN2O4. The van der Waals surface area contributed by atoms with Crippen molar-refractivity contribution in [3.8, 4) is 22.8 Å². The maximum Gasteiger partial charge on any atom is 0.355 e. The third-order valence-electron chi connectivity index (χ3n) is 3.17. The molecule has 3 rings (SSSR count). The van der Waals surface area contributed by atoms with Crippen molar-refractivity contribution in [3.63, 3.8) is 0 Å². The summed E-state index contributed by atoms with van der Waals surface area (Å²) < 4.78 is 12.5. The Labute approximate surface area is 123 Å². The molecule has 6 nitrogen and oxygen atoms in total. The molecule has 0 aliphatic carbocycles. The standard InChI is InChI=1S/C13H11BrN2O4/c1-6-3-8-9(20-5-19-8)4-7(6)11-10(14)12(13(17)18)16(2)15-11/h3-4H,5H2,1-2H3,(H,17,18). The van der Waals surface area contributed by atoms with Crippen LogP contribution in [0.4, 0.5) is 0 Å². The van der Waals surface area contributed by atoms with Crippen molar-refractivity contribution in [2.24, 2.45) is 7.05 Å². The van der Waals surface area contributed by atoms with Gasteiger partial charge < -0.3 is 14.6 Å². The van der Waals surface area contributed by atoms with E-state index in [-0.39, 0.29) is 12.5 Å². The van der Waals surface area contributed by atoms with Gasteiger partial charge in [0.05, 0.1) is 4.47 Å². The van der Waals surface area contributed by atoms with Crippen molar-refractivity contribution >= 4 is 21.9 Å². The predicted molar refractivity (Wildman–Crippen MR) is 74.2 cm³/mol. The third-order valence-corrected chi connectivity index (χ3v) is 3.92. The Morgan fingerprint density at radius 3 is 2.65 bits per heavy atom. The first kappa shape index (κ1) is 13.0. The SMILES string of the molecule is Cc1cc2c(cc1-c1nn(C)c(C(=O)O)c1Br)OCO2. The zero-order chi connectivity index (χ0) is 14.4. The van der Waals surface area contributed by atoms with Gasteiger partial charge in [-0.2, -0.15) is 5.10 Å². The summed E-state index contributed by atoms with van der Waals surface area (Å²) in [4.78, 5) is 11.2. The molecule has 7 heteroatoms. The average Bonchev–Trinajstić information content (AvgIpc) is 2.92. The Morgan fingerprint density at radius 1 is 1.40 bits per heavy atom. The van der Waals surface area contributed by atoms with Crippen LogP contribution in [0.15, 0.2) is 16.6 Å². The number of aryl methyl sites for hydroxylation is 2. The minimum atomic E-state index is -1.03. The van der Waals surface area contributed by atoms with Crippen molar-refractivity contribution < 1.29 is 19.4 Å². The molecule has 0 saturated heterocycles. The van der Waals surface area contributed by atoms with E-state index in [1.807, 2.05) is 19.1 Å². The van der Waals surface area contributed by atoms with Gasteiger partial charge in [0.2, 0.25) is 6.79 Å². The minimum absolute atomic E-state index is 0.108. The normalized spacial score (nSPS) is 12.8. The highest BCUT2D eigenvalue weighted by atomic mass is 79.9.